The summed E-state index contributed by atoms with van der Waals surface area (Å²) in [5, 5.41) is 0. The van der Waals surface area contributed by atoms with Crippen LogP contribution in [0.4, 0.5) is 5.69 Å². The Balaban J connectivity index is 1.64. The van der Waals surface area contributed by atoms with Crippen LogP contribution >= 0.6 is 0 Å². The number of piperidine rings is 1. The maximum Gasteiger partial charge on any atom is 0.142 e. The summed E-state index contributed by atoms with van der Waals surface area (Å²) in [6.07, 6.45) is 6.05. The summed E-state index contributed by atoms with van der Waals surface area (Å²) < 4.78 is 11.8. The van der Waals surface area contributed by atoms with E-state index in [0.717, 1.165) is 44.7 Å². The molecule has 0 aliphatic carbocycles. The second kappa shape index (κ2) is 7.14. The van der Waals surface area contributed by atoms with E-state index in [1.807, 2.05) is 6.07 Å². The third-order valence-corrected chi connectivity index (χ3v) is 4.36. The number of anilines is 1. The Labute approximate surface area is 127 Å². The van der Waals surface area contributed by atoms with Crippen LogP contribution in [0, 0.1) is 0 Å². The Morgan fingerprint density at radius 2 is 2.10 bits per heavy atom. The van der Waals surface area contributed by atoms with Crippen molar-refractivity contribution in [2.24, 2.45) is 5.73 Å². The maximum atomic E-state index is 6.10. The van der Waals surface area contributed by atoms with Gasteiger partial charge in [0.2, 0.25) is 0 Å². The standard InChI is InChI=1S/C17H26N2O2/c18-14-6-5-10-19(12-14)16-8-1-2-9-17(16)21-13-15-7-3-4-11-20-15/h1-2,8-9,14-15H,3-7,10-13,18H2. The van der Waals surface area contributed by atoms with Crippen molar-refractivity contribution in [1.82, 2.24) is 0 Å². The van der Waals surface area contributed by atoms with E-state index >= 15 is 0 Å². The van der Waals surface area contributed by atoms with Gasteiger partial charge in [-0.1, -0.05) is 12.1 Å². The van der Waals surface area contributed by atoms with Gasteiger partial charge < -0.3 is 20.1 Å². The Bertz CT molecular complexity index is 446. The van der Waals surface area contributed by atoms with Crippen molar-refractivity contribution in [2.45, 2.75) is 44.2 Å². The van der Waals surface area contributed by atoms with Crippen LogP contribution in [-0.2, 0) is 4.74 Å². The third-order valence-electron chi connectivity index (χ3n) is 4.36. The van der Waals surface area contributed by atoms with Gasteiger partial charge >= 0.3 is 0 Å². The summed E-state index contributed by atoms with van der Waals surface area (Å²) in [5.74, 6) is 0.959. The number of rotatable bonds is 4. The Hall–Kier alpha value is -1.26. The average Bonchev–Trinajstić information content (AvgIpc) is 2.54. The molecule has 2 heterocycles. The largest absolute Gasteiger partial charge is 0.489 e. The van der Waals surface area contributed by atoms with E-state index in [0.29, 0.717) is 6.61 Å². The molecule has 0 saturated carbocycles. The monoisotopic (exact) mass is 290 g/mol. The number of hydrogen-bond acceptors (Lipinski definition) is 4. The summed E-state index contributed by atoms with van der Waals surface area (Å²) in [6, 6.07) is 8.56. The topological polar surface area (TPSA) is 47.7 Å². The molecule has 4 nitrogen and oxygen atoms in total. The first kappa shape index (κ1) is 14.7. The van der Waals surface area contributed by atoms with Crippen LogP contribution in [0.1, 0.15) is 32.1 Å². The van der Waals surface area contributed by atoms with Gasteiger partial charge in [-0.05, 0) is 44.2 Å². The summed E-state index contributed by atoms with van der Waals surface area (Å²) in [6.45, 7) is 3.50. The first-order valence-corrected chi connectivity index (χ1v) is 8.17. The normalized spacial score (nSPS) is 26.6. The van der Waals surface area contributed by atoms with Crippen molar-refractivity contribution in [2.75, 3.05) is 31.2 Å². The minimum Gasteiger partial charge on any atom is -0.489 e. The van der Waals surface area contributed by atoms with Crippen LogP contribution in [0.2, 0.25) is 0 Å². The van der Waals surface area contributed by atoms with Crippen LogP contribution in [0.15, 0.2) is 24.3 Å². The number of benzene rings is 1. The molecule has 2 saturated heterocycles. The minimum atomic E-state index is 0.246. The molecule has 0 radical (unpaired) electrons. The first-order chi connectivity index (χ1) is 10.3. The van der Waals surface area contributed by atoms with Gasteiger partial charge in [0.1, 0.15) is 12.4 Å². The van der Waals surface area contributed by atoms with Crippen LogP contribution in [0.5, 0.6) is 5.75 Å². The van der Waals surface area contributed by atoms with Gasteiger partial charge in [-0.15, -0.1) is 0 Å². The predicted octanol–water partition coefficient (Wildman–Crippen LogP) is 2.56. The van der Waals surface area contributed by atoms with Crippen LogP contribution in [0.3, 0.4) is 0 Å². The smallest absolute Gasteiger partial charge is 0.142 e. The molecule has 2 N–H and O–H groups in total. The lowest BCUT2D eigenvalue weighted by molar-refractivity contribution is -0.0109. The molecule has 2 aliphatic rings. The van der Waals surface area contributed by atoms with E-state index in [-0.39, 0.29) is 12.1 Å². The molecular formula is C17H26N2O2. The zero-order chi connectivity index (χ0) is 14.5. The van der Waals surface area contributed by atoms with Gasteiger partial charge in [0.05, 0.1) is 11.8 Å². The van der Waals surface area contributed by atoms with Crippen molar-refractivity contribution in [3.63, 3.8) is 0 Å². The SMILES string of the molecule is NC1CCCN(c2ccccc2OCC2CCCCO2)C1. The van der Waals surface area contributed by atoms with Crippen LogP contribution in [-0.4, -0.2) is 38.4 Å². The lowest BCUT2D eigenvalue weighted by atomic mass is 10.1. The van der Waals surface area contributed by atoms with Crippen molar-refractivity contribution < 1.29 is 9.47 Å². The Morgan fingerprint density at radius 1 is 1.19 bits per heavy atom. The molecule has 2 atom stereocenters. The zero-order valence-corrected chi connectivity index (χ0v) is 12.7. The van der Waals surface area contributed by atoms with Crippen LogP contribution in [0.25, 0.3) is 0 Å². The summed E-state index contributed by atoms with van der Waals surface area (Å²) in [4.78, 5) is 2.35. The van der Waals surface area contributed by atoms with Gasteiger partial charge in [0, 0.05) is 25.7 Å². The van der Waals surface area contributed by atoms with Crippen LogP contribution < -0.4 is 15.4 Å². The molecule has 0 spiro atoms. The molecule has 0 bridgehead atoms. The summed E-state index contributed by atoms with van der Waals surface area (Å²) >= 11 is 0. The Kier molecular flexibility index (Phi) is 4.99. The van der Waals surface area contributed by atoms with E-state index < -0.39 is 0 Å². The molecule has 3 rings (SSSR count). The van der Waals surface area contributed by atoms with E-state index in [1.165, 1.54) is 18.5 Å². The molecule has 1 aromatic carbocycles. The van der Waals surface area contributed by atoms with Gasteiger partial charge in [0.15, 0.2) is 0 Å². The van der Waals surface area contributed by atoms with Gasteiger partial charge in [-0.25, -0.2) is 0 Å². The highest BCUT2D eigenvalue weighted by atomic mass is 16.5. The lowest BCUT2D eigenvalue weighted by Crippen LogP contribution is -2.43. The molecule has 1 aromatic rings. The molecule has 0 amide bonds. The minimum absolute atomic E-state index is 0.246. The number of para-hydroxylation sites is 2. The average molecular weight is 290 g/mol. The lowest BCUT2D eigenvalue weighted by Gasteiger charge is -2.34. The quantitative estimate of drug-likeness (QED) is 0.926. The molecule has 2 aliphatic heterocycles. The second-order valence-electron chi connectivity index (χ2n) is 6.12. The van der Waals surface area contributed by atoms with E-state index in [2.05, 4.69) is 23.1 Å². The molecule has 116 valence electrons. The number of nitrogens with zero attached hydrogens (tertiary/aromatic N) is 1. The van der Waals surface area contributed by atoms with Crippen molar-refractivity contribution >= 4 is 5.69 Å². The molecule has 21 heavy (non-hydrogen) atoms. The maximum absolute atomic E-state index is 6.10. The summed E-state index contributed by atoms with van der Waals surface area (Å²) in [5.41, 5.74) is 7.27. The highest BCUT2D eigenvalue weighted by Crippen LogP contribution is 2.30. The van der Waals surface area contributed by atoms with Crippen molar-refractivity contribution in [3.05, 3.63) is 24.3 Å². The number of nitrogens with two attached hydrogens (primary N) is 1. The summed E-state index contributed by atoms with van der Waals surface area (Å²) in [7, 11) is 0. The number of hydrogen-bond donors (Lipinski definition) is 1. The highest BCUT2D eigenvalue weighted by molar-refractivity contribution is 5.58. The second-order valence-corrected chi connectivity index (χ2v) is 6.12. The van der Waals surface area contributed by atoms with E-state index in [4.69, 9.17) is 15.2 Å². The van der Waals surface area contributed by atoms with Crippen molar-refractivity contribution in [1.29, 1.82) is 0 Å². The van der Waals surface area contributed by atoms with Gasteiger partial charge in [-0.2, -0.15) is 0 Å². The first-order valence-electron chi connectivity index (χ1n) is 8.17. The fraction of sp³-hybridized carbons (Fsp3) is 0.647. The zero-order valence-electron chi connectivity index (χ0n) is 12.7. The molecule has 2 unspecified atom stereocenters. The number of ether oxygens (including phenoxy) is 2. The molecular weight excluding hydrogens is 264 g/mol. The van der Waals surface area contributed by atoms with Gasteiger partial charge in [0.25, 0.3) is 0 Å². The fourth-order valence-corrected chi connectivity index (χ4v) is 3.19. The predicted molar refractivity (Wildman–Crippen MR) is 85.0 cm³/mol. The van der Waals surface area contributed by atoms with E-state index in [1.54, 1.807) is 0 Å². The molecule has 4 heteroatoms. The van der Waals surface area contributed by atoms with Gasteiger partial charge in [-0.3, -0.25) is 0 Å². The fourth-order valence-electron chi connectivity index (χ4n) is 3.19. The Morgan fingerprint density at radius 3 is 2.90 bits per heavy atom. The third kappa shape index (κ3) is 3.89. The molecule has 0 aromatic heterocycles. The van der Waals surface area contributed by atoms with Crippen molar-refractivity contribution in [3.8, 4) is 5.75 Å². The van der Waals surface area contributed by atoms with E-state index in [9.17, 15) is 0 Å². The highest BCUT2D eigenvalue weighted by Gasteiger charge is 2.20. The molecule has 2 fully saturated rings.